The van der Waals surface area contributed by atoms with E-state index in [9.17, 15) is 18.5 Å². The van der Waals surface area contributed by atoms with Crippen LogP contribution in [0.2, 0.25) is 0 Å². The molecule has 8 nitrogen and oxygen atoms in total. The van der Waals surface area contributed by atoms with Crippen molar-refractivity contribution in [3.8, 4) is 6.07 Å². The molecule has 1 saturated carbocycles. The number of hydrogen-bond acceptors (Lipinski definition) is 5. The van der Waals surface area contributed by atoms with E-state index in [0.29, 0.717) is 13.0 Å². The second-order valence-electron chi connectivity index (χ2n) is 8.41. The zero-order valence-electron chi connectivity index (χ0n) is 16.9. The number of carbonyl (C=O) groups is 1. The summed E-state index contributed by atoms with van der Waals surface area (Å²) in [4.78, 5) is 13.5. The number of aromatic nitrogens is 2. The maximum atomic E-state index is 12.4. The monoisotopic (exact) mass is 408 g/mol. The molecule has 2 fully saturated rings. The van der Waals surface area contributed by atoms with Crippen LogP contribution >= 0.6 is 0 Å². The number of quaternary nitrogens is 1. The van der Waals surface area contributed by atoms with Crippen LogP contribution in [-0.4, -0.2) is 54.7 Å². The van der Waals surface area contributed by atoms with E-state index in [1.54, 1.807) is 0 Å². The Labute approximate surface area is 166 Å². The number of rotatable bonds is 6. The molecule has 1 amide bonds. The first kappa shape index (κ1) is 20.8. The van der Waals surface area contributed by atoms with Crippen molar-refractivity contribution in [2.24, 2.45) is 0 Å². The second-order valence-corrected chi connectivity index (χ2v) is 10.6. The van der Waals surface area contributed by atoms with Crippen LogP contribution < -0.4 is 10.2 Å². The molecule has 3 rings (SSSR count). The molecule has 1 aromatic heterocycles. The number of amides is 1. The van der Waals surface area contributed by atoms with Crippen molar-refractivity contribution >= 4 is 15.7 Å². The summed E-state index contributed by atoms with van der Waals surface area (Å²) in [5.74, 6) is 0.262. The molecule has 1 aliphatic carbocycles. The molecule has 28 heavy (non-hydrogen) atoms. The van der Waals surface area contributed by atoms with Gasteiger partial charge in [-0.1, -0.05) is 0 Å². The number of likely N-dealkylation sites (N-methyl/N-ethyl adjacent to an activating group) is 1. The normalized spacial score (nSPS) is 24.0. The average Bonchev–Trinajstić information content (AvgIpc) is 3.29. The van der Waals surface area contributed by atoms with Crippen molar-refractivity contribution in [3.05, 3.63) is 17.0 Å². The van der Waals surface area contributed by atoms with E-state index in [1.165, 1.54) is 0 Å². The Kier molecular flexibility index (Phi) is 5.82. The number of sulfone groups is 1. The fraction of sp³-hybridized carbons (Fsp3) is 0.737. The van der Waals surface area contributed by atoms with Gasteiger partial charge in [-0.25, -0.2) is 8.42 Å². The first-order chi connectivity index (χ1) is 13.1. The maximum absolute atomic E-state index is 12.4. The Balaban J connectivity index is 1.63. The molecule has 9 heteroatoms. The summed E-state index contributed by atoms with van der Waals surface area (Å²) in [6.45, 7) is 4.81. The van der Waals surface area contributed by atoms with E-state index in [-0.39, 0.29) is 30.0 Å². The second kappa shape index (κ2) is 7.84. The molecule has 0 bridgehead atoms. The molecule has 2 atom stereocenters. The van der Waals surface area contributed by atoms with Crippen molar-refractivity contribution in [1.82, 2.24) is 15.1 Å². The summed E-state index contributed by atoms with van der Waals surface area (Å²) < 4.78 is 25.4. The van der Waals surface area contributed by atoms with Gasteiger partial charge in [0.05, 0.1) is 41.9 Å². The highest BCUT2D eigenvalue weighted by atomic mass is 32.2. The number of hydrogen-bond donors (Lipinski definition) is 2. The van der Waals surface area contributed by atoms with Crippen molar-refractivity contribution in [3.63, 3.8) is 0 Å². The Bertz CT molecular complexity index is 893. The standard InChI is InChI=1S/C19H29N5O3S/c1-14-17(15(2)24(22-14)16-6-9-28(26,27)12-16)10-23(3)11-18(25)21-19(13-20)7-4-5-8-19/h16H,4-12H2,1-3H3,(H,21,25)/p+1/t16-/m0/s1. The number of nitrogens with one attached hydrogen (secondary N) is 2. The van der Waals surface area contributed by atoms with E-state index in [2.05, 4.69) is 16.5 Å². The summed E-state index contributed by atoms with van der Waals surface area (Å²) >= 11 is 0. The van der Waals surface area contributed by atoms with Crippen molar-refractivity contribution in [2.75, 3.05) is 25.1 Å². The van der Waals surface area contributed by atoms with Crippen molar-refractivity contribution < 1.29 is 18.1 Å². The van der Waals surface area contributed by atoms with Gasteiger partial charge in [-0.2, -0.15) is 10.4 Å². The first-order valence-electron chi connectivity index (χ1n) is 9.93. The van der Waals surface area contributed by atoms with Gasteiger partial charge in [-0.3, -0.25) is 9.48 Å². The highest BCUT2D eigenvalue weighted by Gasteiger charge is 2.36. The number of aryl methyl sites for hydroxylation is 1. The van der Waals surface area contributed by atoms with E-state index < -0.39 is 15.4 Å². The maximum Gasteiger partial charge on any atom is 0.276 e. The van der Waals surface area contributed by atoms with Gasteiger partial charge in [-0.05, 0) is 46.0 Å². The largest absolute Gasteiger partial charge is 0.333 e. The van der Waals surface area contributed by atoms with E-state index in [1.807, 2.05) is 25.6 Å². The van der Waals surface area contributed by atoms with Gasteiger partial charge in [0.1, 0.15) is 12.1 Å². The third kappa shape index (κ3) is 4.39. The average molecular weight is 409 g/mol. The molecule has 2 heterocycles. The lowest BCUT2D eigenvalue weighted by Crippen LogP contribution is -3.09. The number of nitriles is 1. The smallest absolute Gasteiger partial charge is 0.276 e. The van der Waals surface area contributed by atoms with Gasteiger partial charge in [0, 0.05) is 5.69 Å². The van der Waals surface area contributed by atoms with Crippen LogP contribution in [0.4, 0.5) is 0 Å². The fourth-order valence-electron chi connectivity index (χ4n) is 4.47. The van der Waals surface area contributed by atoms with Crippen LogP contribution in [0.25, 0.3) is 0 Å². The van der Waals surface area contributed by atoms with Crippen LogP contribution in [-0.2, 0) is 21.2 Å². The Hall–Kier alpha value is -1.92. The molecule has 2 N–H and O–H groups in total. The first-order valence-corrected chi connectivity index (χ1v) is 11.8. The lowest BCUT2D eigenvalue weighted by atomic mass is 10.00. The summed E-state index contributed by atoms with van der Waals surface area (Å²) in [5.41, 5.74) is 2.22. The molecule has 0 aromatic carbocycles. The number of nitrogens with zero attached hydrogens (tertiary/aromatic N) is 3. The third-order valence-corrected chi connectivity index (χ3v) is 7.77. The quantitative estimate of drug-likeness (QED) is 0.679. The molecule has 1 unspecified atom stereocenters. The zero-order valence-corrected chi connectivity index (χ0v) is 17.7. The van der Waals surface area contributed by atoms with Crippen LogP contribution in [0.3, 0.4) is 0 Å². The zero-order chi connectivity index (χ0) is 20.5. The summed E-state index contributed by atoms with van der Waals surface area (Å²) in [5, 5.41) is 17.0. The molecule has 1 aliphatic heterocycles. The van der Waals surface area contributed by atoms with Crippen molar-refractivity contribution in [2.45, 2.75) is 64.1 Å². The van der Waals surface area contributed by atoms with E-state index in [4.69, 9.17) is 0 Å². The van der Waals surface area contributed by atoms with E-state index >= 15 is 0 Å². The molecule has 1 saturated heterocycles. The van der Waals surface area contributed by atoms with Gasteiger partial charge >= 0.3 is 0 Å². The fourth-order valence-corrected chi connectivity index (χ4v) is 6.16. The lowest BCUT2D eigenvalue weighted by molar-refractivity contribution is -0.885. The van der Waals surface area contributed by atoms with Crippen LogP contribution in [0, 0.1) is 25.2 Å². The minimum atomic E-state index is -2.97. The summed E-state index contributed by atoms with van der Waals surface area (Å²) in [6.07, 6.45) is 4.01. The molecule has 154 valence electrons. The minimum absolute atomic E-state index is 0.0982. The van der Waals surface area contributed by atoms with Gasteiger partial charge in [0.2, 0.25) is 0 Å². The van der Waals surface area contributed by atoms with Crippen LogP contribution in [0.5, 0.6) is 0 Å². The van der Waals surface area contributed by atoms with Crippen molar-refractivity contribution in [1.29, 1.82) is 5.26 Å². The van der Waals surface area contributed by atoms with E-state index in [0.717, 1.165) is 47.5 Å². The SMILES string of the molecule is Cc1nn([C@H]2CCS(=O)(=O)C2)c(C)c1C[NH+](C)CC(=O)NC1(C#N)CCCC1. The highest BCUT2D eigenvalue weighted by Crippen LogP contribution is 2.29. The predicted molar refractivity (Wildman–Crippen MR) is 104 cm³/mol. The Morgan fingerprint density at radius 1 is 1.39 bits per heavy atom. The Morgan fingerprint density at radius 2 is 2.07 bits per heavy atom. The predicted octanol–water partition coefficient (Wildman–Crippen LogP) is -0.173. The molecule has 0 radical (unpaired) electrons. The number of carbonyl (C=O) groups excluding carboxylic acids is 1. The van der Waals surface area contributed by atoms with Gasteiger partial charge < -0.3 is 10.2 Å². The van der Waals surface area contributed by atoms with Crippen LogP contribution in [0.1, 0.15) is 55.1 Å². The van der Waals surface area contributed by atoms with Gasteiger partial charge in [0.15, 0.2) is 16.4 Å². The summed E-state index contributed by atoms with van der Waals surface area (Å²) in [6, 6.07) is 2.19. The third-order valence-electron chi connectivity index (χ3n) is 6.02. The topological polar surface area (TPSA) is 109 Å². The molecular weight excluding hydrogens is 378 g/mol. The molecule has 1 aromatic rings. The molecule has 2 aliphatic rings. The summed E-state index contributed by atoms with van der Waals surface area (Å²) in [7, 11) is -1.02. The van der Waals surface area contributed by atoms with Gasteiger partial charge in [0.25, 0.3) is 5.91 Å². The van der Waals surface area contributed by atoms with Crippen LogP contribution in [0.15, 0.2) is 0 Å². The molecule has 0 spiro atoms. The highest BCUT2D eigenvalue weighted by molar-refractivity contribution is 7.91. The lowest BCUT2D eigenvalue weighted by Gasteiger charge is -2.23. The minimum Gasteiger partial charge on any atom is -0.333 e. The van der Waals surface area contributed by atoms with Gasteiger partial charge in [-0.15, -0.1) is 0 Å². The Morgan fingerprint density at radius 3 is 2.64 bits per heavy atom. The molecular formula is C19H30N5O3S+.